The average Bonchev–Trinajstić information content (AvgIpc) is 2.74. The van der Waals surface area contributed by atoms with Crippen LogP contribution in [0, 0.1) is 6.92 Å². The first-order chi connectivity index (χ1) is 8.16. The third-order valence-electron chi connectivity index (χ3n) is 2.52. The van der Waals surface area contributed by atoms with E-state index < -0.39 is 6.10 Å². The maximum atomic E-state index is 9.98. The van der Waals surface area contributed by atoms with Crippen LogP contribution in [-0.2, 0) is 7.05 Å². The van der Waals surface area contributed by atoms with Crippen LogP contribution in [0.3, 0.4) is 0 Å². The van der Waals surface area contributed by atoms with E-state index in [0.29, 0.717) is 5.75 Å². The molecule has 1 heterocycles. The molecular formula is C12H15N3OS. The second kappa shape index (κ2) is 5.33. The maximum Gasteiger partial charge on any atom is 0.107 e. The Morgan fingerprint density at radius 2 is 2.06 bits per heavy atom. The molecule has 0 bridgehead atoms. The van der Waals surface area contributed by atoms with E-state index in [1.54, 1.807) is 29.7 Å². The Labute approximate surface area is 105 Å². The van der Waals surface area contributed by atoms with Crippen LogP contribution in [-0.4, -0.2) is 25.9 Å². The van der Waals surface area contributed by atoms with Gasteiger partial charge < -0.3 is 5.11 Å². The number of aliphatic hydroxyl groups is 1. The van der Waals surface area contributed by atoms with Gasteiger partial charge in [-0.15, -0.1) is 16.9 Å². The molecule has 1 N–H and O–H groups in total. The number of rotatable bonds is 4. The smallest absolute Gasteiger partial charge is 0.107 e. The van der Waals surface area contributed by atoms with Crippen molar-refractivity contribution in [3.63, 3.8) is 0 Å². The minimum atomic E-state index is -0.540. The predicted molar refractivity (Wildman–Crippen MR) is 67.9 cm³/mol. The lowest BCUT2D eigenvalue weighted by Gasteiger charge is -2.09. The van der Waals surface area contributed by atoms with Crippen molar-refractivity contribution in [1.29, 1.82) is 0 Å². The van der Waals surface area contributed by atoms with Crippen molar-refractivity contribution < 1.29 is 5.11 Å². The van der Waals surface area contributed by atoms with Gasteiger partial charge in [0.1, 0.15) is 6.10 Å². The number of aryl methyl sites for hydroxylation is 2. The number of hydrogen-bond donors (Lipinski definition) is 1. The fraction of sp³-hybridized carbons (Fsp3) is 0.333. The molecule has 0 aliphatic heterocycles. The number of hydrogen-bond acceptors (Lipinski definition) is 4. The van der Waals surface area contributed by atoms with Gasteiger partial charge >= 0.3 is 0 Å². The number of thioether (sulfide) groups is 1. The zero-order chi connectivity index (χ0) is 12.3. The molecule has 0 amide bonds. The molecule has 0 saturated carbocycles. The van der Waals surface area contributed by atoms with Crippen molar-refractivity contribution in [2.45, 2.75) is 17.9 Å². The van der Waals surface area contributed by atoms with Gasteiger partial charge in [-0.1, -0.05) is 22.9 Å². The molecule has 0 radical (unpaired) electrons. The van der Waals surface area contributed by atoms with Gasteiger partial charge in [0.2, 0.25) is 0 Å². The molecule has 1 aromatic carbocycles. The first-order valence-corrected chi connectivity index (χ1v) is 6.37. The molecule has 4 nitrogen and oxygen atoms in total. The lowest BCUT2D eigenvalue weighted by atomic mass is 10.2. The molecule has 5 heteroatoms. The molecule has 1 atom stereocenters. The third-order valence-corrected chi connectivity index (χ3v) is 3.61. The predicted octanol–water partition coefficient (Wildman–Crippen LogP) is 1.95. The second-order valence-corrected chi connectivity index (χ2v) is 5.02. The molecule has 1 aromatic heterocycles. The van der Waals surface area contributed by atoms with Crippen molar-refractivity contribution in [1.82, 2.24) is 15.0 Å². The molecule has 0 fully saturated rings. The minimum absolute atomic E-state index is 0.540. The summed E-state index contributed by atoms with van der Waals surface area (Å²) < 4.78 is 1.60. The molecule has 0 saturated heterocycles. The van der Waals surface area contributed by atoms with Crippen LogP contribution in [0.5, 0.6) is 0 Å². The summed E-state index contributed by atoms with van der Waals surface area (Å²) in [4.78, 5) is 1.16. The van der Waals surface area contributed by atoms with Gasteiger partial charge in [-0.05, 0) is 19.1 Å². The first-order valence-electron chi connectivity index (χ1n) is 5.39. The van der Waals surface area contributed by atoms with Crippen molar-refractivity contribution in [2.75, 3.05) is 5.75 Å². The Morgan fingerprint density at radius 3 is 2.65 bits per heavy atom. The summed E-state index contributed by atoms with van der Waals surface area (Å²) in [5, 5.41) is 17.5. The fourth-order valence-electron chi connectivity index (χ4n) is 1.49. The van der Waals surface area contributed by atoms with Gasteiger partial charge in [0, 0.05) is 17.7 Å². The minimum Gasteiger partial charge on any atom is -0.386 e. The Hall–Kier alpha value is -1.33. The van der Waals surface area contributed by atoms with Crippen LogP contribution < -0.4 is 0 Å². The largest absolute Gasteiger partial charge is 0.386 e. The van der Waals surface area contributed by atoms with Gasteiger partial charge in [0.15, 0.2) is 0 Å². The Balaban J connectivity index is 1.94. The van der Waals surface area contributed by atoms with Gasteiger partial charge in [0.25, 0.3) is 0 Å². The molecule has 90 valence electrons. The second-order valence-electron chi connectivity index (χ2n) is 3.92. The van der Waals surface area contributed by atoms with Crippen molar-refractivity contribution in [3.8, 4) is 0 Å². The van der Waals surface area contributed by atoms with E-state index in [1.807, 2.05) is 0 Å². The van der Waals surface area contributed by atoms with E-state index in [9.17, 15) is 5.11 Å². The highest BCUT2D eigenvalue weighted by Crippen LogP contribution is 2.24. The van der Waals surface area contributed by atoms with Gasteiger partial charge in [-0.2, -0.15) is 0 Å². The Morgan fingerprint density at radius 1 is 1.35 bits per heavy atom. The van der Waals surface area contributed by atoms with E-state index >= 15 is 0 Å². The monoisotopic (exact) mass is 249 g/mol. The average molecular weight is 249 g/mol. The fourth-order valence-corrected chi connectivity index (χ4v) is 2.34. The van der Waals surface area contributed by atoms with Gasteiger partial charge in [-0.3, -0.25) is 0 Å². The quantitative estimate of drug-likeness (QED) is 0.841. The highest BCUT2D eigenvalue weighted by Gasteiger charge is 2.12. The standard InChI is InChI=1S/C12H15N3OS/c1-9-3-5-10(6-4-9)17-8-12(16)11-7-13-14-15(11)2/h3-7,12,16H,8H2,1-2H3. The lowest BCUT2D eigenvalue weighted by Crippen LogP contribution is -2.07. The molecular weight excluding hydrogens is 234 g/mol. The molecule has 2 aromatic rings. The van der Waals surface area contributed by atoms with Crippen LogP contribution in [0.4, 0.5) is 0 Å². The first kappa shape index (κ1) is 12.1. The van der Waals surface area contributed by atoms with E-state index in [0.717, 1.165) is 10.6 Å². The zero-order valence-electron chi connectivity index (χ0n) is 9.87. The normalized spacial score (nSPS) is 12.6. The van der Waals surface area contributed by atoms with Crippen LogP contribution >= 0.6 is 11.8 Å². The number of nitrogens with zero attached hydrogens (tertiary/aromatic N) is 3. The SMILES string of the molecule is Cc1ccc(SCC(O)c2cnnn2C)cc1. The van der Waals surface area contributed by atoms with Crippen molar-refractivity contribution >= 4 is 11.8 Å². The number of benzene rings is 1. The van der Waals surface area contributed by atoms with Crippen molar-refractivity contribution in [3.05, 3.63) is 41.7 Å². The highest BCUT2D eigenvalue weighted by atomic mass is 32.2. The van der Waals surface area contributed by atoms with Crippen molar-refractivity contribution in [2.24, 2.45) is 7.05 Å². The lowest BCUT2D eigenvalue weighted by molar-refractivity contribution is 0.193. The van der Waals surface area contributed by atoms with E-state index in [4.69, 9.17) is 0 Å². The summed E-state index contributed by atoms with van der Waals surface area (Å²) in [6, 6.07) is 8.27. The highest BCUT2D eigenvalue weighted by molar-refractivity contribution is 7.99. The van der Waals surface area contributed by atoms with E-state index in [1.165, 1.54) is 5.56 Å². The molecule has 17 heavy (non-hydrogen) atoms. The summed E-state index contributed by atoms with van der Waals surface area (Å²) >= 11 is 1.63. The van der Waals surface area contributed by atoms with Crippen LogP contribution in [0.1, 0.15) is 17.4 Å². The van der Waals surface area contributed by atoms with E-state index in [-0.39, 0.29) is 0 Å². The Bertz CT molecular complexity index is 481. The van der Waals surface area contributed by atoms with Gasteiger partial charge in [-0.25, -0.2) is 4.68 Å². The van der Waals surface area contributed by atoms with Crippen LogP contribution in [0.2, 0.25) is 0 Å². The molecule has 0 spiro atoms. The summed E-state index contributed by atoms with van der Waals surface area (Å²) in [5.74, 6) is 0.601. The molecule has 0 aliphatic carbocycles. The molecule has 1 unspecified atom stereocenters. The topological polar surface area (TPSA) is 50.9 Å². The maximum absolute atomic E-state index is 9.98. The summed E-state index contributed by atoms with van der Waals surface area (Å²) in [7, 11) is 1.78. The molecule has 2 rings (SSSR count). The van der Waals surface area contributed by atoms with E-state index in [2.05, 4.69) is 41.5 Å². The van der Waals surface area contributed by atoms with Gasteiger partial charge in [0.05, 0.1) is 11.9 Å². The third kappa shape index (κ3) is 3.08. The van der Waals surface area contributed by atoms with Crippen LogP contribution in [0.15, 0.2) is 35.4 Å². The summed E-state index contributed by atoms with van der Waals surface area (Å²) in [6.45, 7) is 2.06. The van der Waals surface area contributed by atoms with Crippen LogP contribution in [0.25, 0.3) is 0 Å². The zero-order valence-corrected chi connectivity index (χ0v) is 10.7. The molecule has 0 aliphatic rings. The Kier molecular flexibility index (Phi) is 3.81. The summed E-state index contributed by atoms with van der Waals surface area (Å²) in [6.07, 6.45) is 1.06. The number of aliphatic hydroxyl groups excluding tert-OH is 1. The number of aromatic nitrogens is 3. The summed E-state index contributed by atoms with van der Waals surface area (Å²) in [5.41, 5.74) is 1.98.